The van der Waals surface area contributed by atoms with Gasteiger partial charge in [-0.3, -0.25) is 0 Å². The quantitative estimate of drug-likeness (QED) is 0.152. The lowest BCUT2D eigenvalue weighted by Gasteiger charge is -2.32. The third kappa shape index (κ3) is 6.31. The molecule has 0 fully saturated rings. The molecule has 0 radical (unpaired) electrons. The van der Waals surface area contributed by atoms with Gasteiger partial charge in [-0.25, -0.2) is 0 Å². The summed E-state index contributed by atoms with van der Waals surface area (Å²) in [6.45, 7) is 0. The molecule has 14 aromatic rings. The highest BCUT2D eigenvalue weighted by atomic mass is 16.3. The van der Waals surface area contributed by atoms with E-state index in [0.717, 1.165) is 133 Å². The van der Waals surface area contributed by atoms with Gasteiger partial charge in [0.25, 0.3) is 0 Å². The fourth-order valence-corrected chi connectivity index (χ4v) is 11.0. The molecule has 328 valence electrons. The van der Waals surface area contributed by atoms with Gasteiger partial charge in [0.05, 0.1) is 39.2 Å². The van der Waals surface area contributed by atoms with Crippen LogP contribution in [0.3, 0.4) is 0 Å². The third-order valence-electron chi connectivity index (χ3n) is 14.0. The summed E-state index contributed by atoms with van der Waals surface area (Å²) in [5, 5.41) is 11.1. The maximum Gasteiger partial charge on any atom is 0.137 e. The lowest BCUT2D eigenvalue weighted by atomic mass is 9.89. The maximum atomic E-state index is 6.65. The molecule has 12 aromatic carbocycles. The second-order valence-corrected chi connectivity index (χ2v) is 17.9. The molecule has 0 saturated carbocycles. The van der Waals surface area contributed by atoms with Crippen molar-refractivity contribution >= 4 is 110 Å². The fourth-order valence-electron chi connectivity index (χ4n) is 11.0. The van der Waals surface area contributed by atoms with Gasteiger partial charge in [0.2, 0.25) is 0 Å². The summed E-state index contributed by atoms with van der Waals surface area (Å²) in [7, 11) is 0. The molecular weight excluding hydrogens is 853 g/mol. The monoisotopic (exact) mass is 894 g/mol. The lowest BCUT2D eigenvalue weighted by Crippen LogP contribution is -2.13. The molecule has 0 spiro atoms. The van der Waals surface area contributed by atoms with Crippen LogP contribution in [0, 0.1) is 0 Å². The van der Waals surface area contributed by atoms with E-state index in [4.69, 9.17) is 8.83 Å². The van der Waals surface area contributed by atoms with Crippen LogP contribution in [0.15, 0.2) is 264 Å². The Morgan fingerprint density at radius 3 is 1.24 bits per heavy atom. The Balaban J connectivity index is 1.17. The van der Waals surface area contributed by atoms with Gasteiger partial charge >= 0.3 is 0 Å². The molecule has 0 saturated heterocycles. The minimum atomic E-state index is 0.836. The van der Waals surface area contributed by atoms with E-state index in [-0.39, 0.29) is 0 Å². The van der Waals surface area contributed by atoms with E-state index >= 15 is 0 Å². The zero-order valence-electron chi connectivity index (χ0n) is 38.0. The Hall–Kier alpha value is -9.38. The van der Waals surface area contributed by atoms with Crippen molar-refractivity contribution in [3.05, 3.63) is 255 Å². The average molecular weight is 895 g/mol. The molecule has 2 aromatic heterocycles. The third-order valence-corrected chi connectivity index (χ3v) is 14.0. The van der Waals surface area contributed by atoms with Crippen LogP contribution in [0.4, 0.5) is 34.1 Å². The van der Waals surface area contributed by atoms with Crippen molar-refractivity contribution in [3.63, 3.8) is 0 Å². The molecule has 0 N–H and O–H groups in total. The van der Waals surface area contributed by atoms with Crippen LogP contribution in [0.1, 0.15) is 0 Å². The smallest absolute Gasteiger partial charge is 0.137 e. The van der Waals surface area contributed by atoms with Gasteiger partial charge in [0.15, 0.2) is 0 Å². The predicted molar refractivity (Wildman–Crippen MR) is 294 cm³/mol. The van der Waals surface area contributed by atoms with Crippen LogP contribution in [0.2, 0.25) is 0 Å². The molecule has 70 heavy (non-hydrogen) atoms. The van der Waals surface area contributed by atoms with E-state index in [9.17, 15) is 0 Å². The number of furan rings is 2. The molecule has 2 heterocycles. The first-order valence-corrected chi connectivity index (χ1v) is 23.8. The molecule has 0 bridgehead atoms. The van der Waals surface area contributed by atoms with Gasteiger partial charge in [0.1, 0.15) is 22.3 Å². The zero-order valence-corrected chi connectivity index (χ0v) is 38.0. The number of hydrogen-bond donors (Lipinski definition) is 0. The highest BCUT2D eigenvalue weighted by molar-refractivity contribution is 6.21. The Kier molecular flexibility index (Phi) is 9.17. The molecular formula is C66H42N2O2. The number of rotatable bonds is 8. The van der Waals surface area contributed by atoms with Gasteiger partial charge < -0.3 is 18.6 Å². The summed E-state index contributed by atoms with van der Waals surface area (Å²) in [5.41, 5.74) is 14.1. The minimum absolute atomic E-state index is 0.836. The SMILES string of the molecule is c1ccc(-c2ccc(N(c3cccc4ccccc34)c3cccc4oc5ccccc5c34)c3cc(N(c4cccc5ccccc45)c4cccc5oc6ccccc6c45)cc(-c4ccccc4)c23)cc1. The van der Waals surface area contributed by atoms with E-state index < -0.39 is 0 Å². The summed E-state index contributed by atoms with van der Waals surface area (Å²) in [6.07, 6.45) is 0. The highest BCUT2D eigenvalue weighted by Crippen LogP contribution is 2.53. The Morgan fingerprint density at radius 1 is 0.243 bits per heavy atom. The average Bonchev–Trinajstić information content (AvgIpc) is 4.01. The van der Waals surface area contributed by atoms with Crippen molar-refractivity contribution in [2.24, 2.45) is 0 Å². The first-order chi connectivity index (χ1) is 34.7. The summed E-state index contributed by atoms with van der Waals surface area (Å²) < 4.78 is 13.3. The number of anilines is 6. The summed E-state index contributed by atoms with van der Waals surface area (Å²) >= 11 is 0. The van der Waals surface area contributed by atoms with E-state index in [1.807, 2.05) is 12.1 Å². The molecule has 0 aliphatic carbocycles. The first-order valence-electron chi connectivity index (χ1n) is 23.8. The minimum Gasteiger partial charge on any atom is -0.456 e. The molecule has 4 heteroatoms. The van der Waals surface area contributed by atoms with Gasteiger partial charge in [-0.15, -0.1) is 0 Å². The van der Waals surface area contributed by atoms with Crippen LogP contribution in [0.5, 0.6) is 0 Å². The van der Waals surface area contributed by atoms with Crippen LogP contribution in [-0.4, -0.2) is 0 Å². The largest absolute Gasteiger partial charge is 0.456 e. The van der Waals surface area contributed by atoms with Crippen LogP contribution in [0.25, 0.3) is 98.4 Å². The van der Waals surface area contributed by atoms with Crippen molar-refractivity contribution in [1.82, 2.24) is 0 Å². The van der Waals surface area contributed by atoms with Crippen LogP contribution in [-0.2, 0) is 0 Å². The maximum absolute atomic E-state index is 6.65. The molecule has 4 nitrogen and oxygen atoms in total. The summed E-state index contributed by atoms with van der Waals surface area (Å²) in [6, 6.07) is 91.5. The number of para-hydroxylation sites is 2. The second kappa shape index (κ2) is 16.2. The van der Waals surface area contributed by atoms with Crippen molar-refractivity contribution in [2.45, 2.75) is 0 Å². The Bertz CT molecular complexity index is 4310. The fraction of sp³-hybridized carbons (Fsp3) is 0. The van der Waals surface area contributed by atoms with Crippen LogP contribution >= 0.6 is 0 Å². The number of nitrogens with zero attached hydrogens (tertiary/aromatic N) is 2. The standard InChI is InChI=1S/C66H42N2O2/c1-3-19-45(20-4-1)50-39-40-57(68(56-32-16-26-44-24-8-10-28-49(44)56)59-34-18-38-63-66(59)52-30-12-14-36-61(52)70-63)54-42-47(41-53(64(50)54)46-21-5-2-6-22-46)67(55-31-15-25-43-23-7-9-27-48(43)55)58-33-17-37-62-65(58)51-29-11-13-35-60(51)69-62/h1-42H. The van der Waals surface area contributed by atoms with E-state index in [1.165, 1.54) is 0 Å². The molecule has 0 aliphatic rings. The van der Waals surface area contributed by atoms with Crippen molar-refractivity contribution in [2.75, 3.05) is 9.80 Å². The van der Waals surface area contributed by atoms with E-state index in [0.29, 0.717) is 0 Å². The summed E-state index contributed by atoms with van der Waals surface area (Å²) in [4.78, 5) is 4.94. The highest BCUT2D eigenvalue weighted by Gasteiger charge is 2.28. The molecule has 0 amide bonds. The Morgan fingerprint density at radius 2 is 0.657 bits per heavy atom. The molecule has 0 atom stereocenters. The molecule has 14 rings (SSSR count). The number of hydrogen-bond acceptors (Lipinski definition) is 4. The molecule has 0 unspecified atom stereocenters. The van der Waals surface area contributed by atoms with Crippen molar-refractivity contribution in [3.8, 4) is 22.3 Å². The first kappa shape index (κ1) is 39.8. The number of fused-ring (bicyclic) bond motifs is 9. The van der Waals surface area contributed by atoms with E-state index in [2.05, 4.69) is 252 Å². The Labute approximate surface area is 404 Å². The summed E-state index contributed by atoms with van der Waals surface area (Å²) in [5.74, 6) is 0. The van der Waals surface area contributed by atoms with Crippen LogP contribution < -0.4 is 9.80 Å². The topological polar surface area (TPSA) is 32.8 Å². The predicted octanol–water partition coefficient (Wildman–Crippen LogP) is 19.2. The number of benzene rings is 12. The lowest BCUT2D eigenvalue weighted by molar-refractivity contribution is 0.668. The van der Waals surface area contributed by atoms with Crippen molar-refractivity contribution in [1.29, 1.82) is 0 Å². The van der Waals surface area contributed by atoms with Crippen molar-refractivity contribution < 1.29 is 8.83 Å². The van der Waals surface area contributed by atoms with Gasteiger partial charge in [-0.05, 0) is 105 Å². The normalized spacial score (nSPS) is 11.7. The zero-order chi connectivity index (χ0) is 46.1. The van der Waals surface area contributed by atoms with Gasteiger partial charge in [-0.2, -0.15) is 0 Å². The van der Waals surface area contributed by atoms with Gasteiger partial charge in [0, 0.05) is 32.6 Å². The van der Waals surface area contributed by atoms with E-state index in [1.54, 1.807) is 0 Å². The molecule has 0 aliphatic heterocycles. The second-order valence-electron chi connectivity index (χ2n) is 17.9. The van der Waals surface area contributed by atoms with Gasteiger partial charge in [-0.1, -0.05) is 188 Å².